The Morgan fingerprint density at radius 3 is 2.09 bits per heavy atom. The molecule has 23 heavy (non-hydrogen) atoms. The van der Waals surface area contributed by atoms with Crippen LogP contribution in [0, 0.1) is 0 Å². The van der Waals surface area contributed by atoms with Crippen LogP contribution in [0.15, 0.2) is 47.4 Å². The van der Waals surface area contributed by atoms with Gasteiger partial charge in [-0.05, 0) is 29.8 Å². The predicted octanol–water partition coefficient (Wildman–Crippen LogP) is 3.22. The van der Waals surface area contributed by atoms with Crippen LogP contribution in [-0.4, -0.2) is 24.5 Å². The topological polar surface area (TPSA) is 71.5 Å². The largest absolute Gasteiger partial charge is 0.275 e. The van der Waals surface area contributed by atoms with Gasteiger partial charge in [-0.1, -0.05) is 45.7 Å². The van der Waals surface area contributed by atoms with Crippen molar-refractivity contribution in [3.8, 4) is 0 Å². The van der Waals surface area contributed by atoms with Gasteiger partial charge in [0.05, 0.1) is 16.0 Å². The molecule has 8 heteroatoms. The van der Waals surface area contributed by atoms with Crippen LogP contribution < -0.4 is 0 Å². The number of nitrogens with zero attached hydrogens (tertiary/aromatic N) is 1. The molecule has 2 amide bonds. The molecule has 0 bridgehead atoms. The second-order valence-electron chi connectivity index (χ2n) is 4.81. The van der Waals surface area contributed by atoms with Gasteiger partial charge in [0.15, 0.2) is 0 Å². The highest BCUT2D eigenvalue weighted by Crippen LogP contribution is 2.31. The number of rotatable bonds is 3. The first kappa shape index (κ1) is 16.2. The fraction of sp³-hybridized carbons (Fsp3) is 0.0667. The first-order valence-corrected chi connectivity index (χ1v) is 9.39. The summed E-state index contributed by atoms with van der Waals surface area (Å²) in [6.07, 6.45) is 0. The molecule has 0 fully saturated rings. The summed E-state index contributed by atoms with van der Waals surface area (Å²) in [5, 5.41) is 0.437. The zero-order valence-electron chi connectivity index (χ0n) is 11.5. The van der Waals surface area contributed by atoms with E-state index >= 15 is 0 Å². The van der Waals surface area contributed by atoms with Gasteiger partial charge in [-0.3, -0.25) is 9.59 Å². The zero-order valence-corrected chi connectivity index (χ0v) is 14.7. The average molecular weight is 415 g/mol. The molecule has 2 aromatic carbocycles. The molecular weight excluding hydrogens is 406 g/mol. The lowest BCUT2D eigenvalue weighted by Gasteiger charge is -2.16. The number of fused-ring (bicyclic) bond motifs is 1. The molecule has 2 aromatic rings. The third kappa shape index (κ3) is 2.49. The van der Waals surface area contributed by atoms with Gasteiger partial charge in [-0.15, -0.1) is 0 Å². The van der Waals surface area contributed by atoms with E-state index in [1.165, 1.54) is 24.3 Å². The lowest BCUT2D eigenvalue weighted by Crippen LogP contribution is -2.36. The normalized spacial score (nSPS) is 14.3. The summed E-state index contributed by atoms with van der Waals surface area (Å²) in [5.41, 5.74) is 0.554. The monoisotopic (exact) mass is 413 g/mol. The van der Waals surface area contributed by atoms with Gasteiger partial charge in [0.2, 0.25) is 0 Å². The van der Waals surface area contributed by atoms with Crippen LogP contribution in [0.5, 0.6) is 0 Å². The van der Waals surface area contributed by atoms with E-state index in [0.717, 1.165) is 0 Å². The number of imide groups is 1. The quantitative estimate of drug-likeness (QED) is 0.571. The number of halogens is 2. The van der Waals surface area contributed by atoms with E-state index in [1.807, 2.05) is 0 Å². The molecule has 0 saturated heterocycles. The molecule has 0 radical (unpaired) electrons. The lowest BCUT2D eigenvalue weighted by molar-refractivity contribution is 0.0765. The highest BCUT2D eigenvalue weighted by atomic mass is 79.9. The van der Waals surface area contributed by atoms with E-state index in [4.69, 9.17) is 11.6 Å². The van der Waals surface area contributed by atoms with Gasteiger partial charge in [0.1, 0.15) is 0 Å². The smallest absolute Gasteiger partial charge is 0.267 e. The fourth-order valence-electron chi connectivity index (χ4n) is 2.36. The van der Waals surface area contributed by atoms with E-state index in [9.17, 15) is 18.0 Å². The van der Waals surface area contributed by atoms with Gasteiger partial charge < -0.3 is 0 Å². The van der Waals surface area contributed by atoms with Gasteiger partial charge >= 0.3 is 0 Å². The Morgan fingerprint density at radius 2 is 1.57 bits per heavy atom. The van der Waals surface area contributed by atoms with Crippen molar-refractivity contribution in [2.45, 2.75) is 10.2 Å². The maximum atomic E-state index is 12.9. The van der Waals surface area contributed by atoms with Crippen LogP contribution in [0.4, 0.5) is 0 Å². The van der Waals surface area contributed by atoms with Crippen molar-refractivity contribution in [2.24, 2.45) is 0 Å². The van der Waals surface area contributed by atoms with Gasteiger partial charge in [-0.25, -0.2) is 8.42 Å². The van der Waals surface area contributed by atoms with Crippen molar-refractivity contribution >= 4 is 49.4 Å². The molecule has 0 unspecified atom stereocenters. The Morgan fingerprint density at radius 1 is 1.00 bits per heavy atom. The molecule has 1 heterocycles. The van der Waals surface area contributed by atoms with Crippen LogP contribution in [0.3, 0.4) is 0 Å². The maximum absolute atomic E-state index is 12.9. The Bertz CT molecular complexity index is 907. The van der Waals surface area contributed by atoms with Crippen LogP contribution in [0.1, 0.15) is 26.3 Å². The number of sulfonamides is 1. The van der Waals surface area contributed by atoms with Crippen LogP contribution >= 0.6 is 27.5 Å². The Hall–Kier alpha value is -1.70. The Kier molecular flexibility index (Phi) is 4.03. The molecule has 0 spiro atoms. The molecule has 1 aliphatic rings. The SMILES string of the molecule is O=C1c2ccccc2C(=O)N1S(=O)(=O)c1cc(Cl)ccc1CBr. The first-order valence-electron chi connectivity index (χ1n) is 6.45. The number of alkyl halides is 1. The van der Waals surface area contributed by atoms with Gasteiger partial charge in [0, 0.05) is 10.4 Å². The minimum atomic E-state index is -4.35. The van der Waals surface area contributed by atoms with E-state index in [0.29, 0.717) is 9.87 Å². The molecule has 118 valence electrons. The second kappa shape index (κ2) is 5.74. The summed E-state index contributed by atoms with van der Waals surface area (Å²) < 4.78 is 26.0. The minimum absolute atomic E-state index is 0.0727. The summed E-state index contributed by atoms with van der Waals surface area (Å²) in [6.45, 7) is 0. The van der Waals surface area contributed by atoms with Crippen LogP contribution in [-0.2, 0) is 15.4 Å². The molecule has 0 atom stereocenters. The molecule has 3 rings (SSSR count). The summed E-state index contributed by atoms with van der Waals surface area (Å²) in [7, 11) is -4.35. The molecule has 0 saturated carbocycles. The Balaban J connectivity index is 2.18. The molecule has 1 aliphatic heterocycles. The zero-order chi connectivity index (χ0) is 16.8. The van der Waals surface area contributed by atoms with Crippen molar-refractivity contribution in [1.82, 2.24) is 4.31 Å². The molecule has 0 N–H and O–H groups in total. The van der Waals surface area contributed by atoms with Gasteiger partial charge in [-0.2, -0.15) is 4.31 Å². The summed E-state index contributed by atoms with van der Waals surface area (Å²) in [4.78, 5) is 24.6. The number of carbonyl (C=O) groups is 2. The van der Waals surface area contributed by atoms with Crippen molar-refractivity contribution < 1.29 is 18.0 Å². The number of benzene rings is 2. The predicted molar refractivity (Wildman–Crippen MR) is 88.2 cm³/mol. The van der Waals surface area contributed by atoms with Crippen molar-refractivity contribution in [2.75, 3.05) is 0 Å². The van der Waals surface area contributed by atoms with Gasteiger partial charge in [0.25, 0.3) is 21.8 Å². The van der Waals surface area contributed by atoms with E-state index in [-0.39, 0.29) is 26.4 Å². The fourth-order valence-corrected chi connectivity index (χ4v) is 4.85. The Labute approximate surface area is 146 Å². The van der Waals surface area contributed by atoms with Crippen molar-refractivity contribution in [1.29, 1.82) is 0 Å². The molecule has 5 nitrogen and oxygen atoms in total. The molecular formula is C15H9BrClNO4S. The summed E-state index contributed by atoms with van der Waals surface area (Å²) in [6, 6.07) is 10.3. The number of amides is 2. The third-order valence-electron chi connectivity index (χ3n) is 3.45. The van der Waals surface area contributed by atoms with Crippen molar-refractivity contribution in [3.05, 3.63) is 64.2 Å². The third-order valence-corrected chi connectivity index (χ3v) is 6.04. The van der Waals surface area contributed by atoms with Crippen molar-refractivity contribution in [3.63, 3.8) is 0 Å². The minimum Gasteiger partial charge on any atom is -0.267 e. The highest BCUT2D eigenvalue weighted by molar-refractivity contribution is 9.08. The standard InChI is InChI=1S/C15H9BrClNO4S/c16-8-9-5-6-10(17)7-13(9)23(21,22)18-14(19)11-3-1-2-4-12(11)15(18)20/h1-7H,8H2. The second-order valence-corrected chi connectivity index (χ2v) is 7.56. The first-order chi connectivity index (χ1) is 10.9. The number of carbonyl (C=O) groups excluding carboxylic acids is 2. The maximum Gasteiger partial charge on any atom is 0.275 e. The van der Waals surface area contributed by atoms with E-state index in [1.54, 1.807) is 18.2 Å². The summed E-state index contributed by atoms with van der Waals surface area (Å²) in [5.74, 6) is -1.71. The van der Waals surface area contributed by atoms with E-state index in [2.05, 4.69) is 15.9 Å². The van der Waals surface area contributed by atoms with Crippen LogP contribution in [0.25, 0.3) is 0 Å². The molecule has 0 aromatic heterocycles. The van der Waals surface area contributed by atoms with E-state index < -0.39 is 21.8 Å². The average Bonchev–Trinajstić information content (AvgIpc) is 2.79. The number of hydrogen-bond donors (Lipinski definition) is 0. The van der Waals surface area contributed by atoms with Crippen LogP contribution in [0.2, 0.25) is 5.02 Å². The molecule has 0 aliphatic carbocycles. The highest BCUT2D eigenvalue weighted by Gasteiger charge is 2.44. The lowest BCUT2D eigenvalue weighted by atomic mass is 10.1. The number of hydrogen-bond acceptors (Lipinski definition) is 4. The summed E-state index contributed by atoms with van der Waals surface area (Å²) >= 11 is 9.08.